The summed E-state index contributed by atoms with van der Waals surface area (Å²) in [6, 6.07) is 0. The molecule has 0 radical (unpaired) electrons. The van der Waals surface area contributed by atoms with E-state index in [0.717, 1.165) is 6.54 Å². The molecule has 72 valence electrons. The van der Waals surface area contributed by atoms with E-state index in [4.69, 9.17) is 0 Å². The molecule has 0 amide bonds. The van der Waals surface area contributed by atoms with Gasteiger partial charge in [-0.3, -0.25) is 4.90 Å². The number of nitrogens with zero attached hydrogens (tertiary/aromatic N) is 1. The van der Waals surface area contributed by atoms with Gasteiger partial charge in [-0.2, -0.15) is 0 Å². The van der Waals surface area contributed by atoms with Gasteiger partial charge in [-0.25, -0.2) is 0 Å². The second kappa shape index (κ2) is 5.76. The first kappa shape index (κ1) is 10.3. The molecule has 1 aliphatic rings. The van der Waals surface area contributed by atoms with Gasteiger partial charge in [0.1, 0.15) is 0 Å². The Kier molecular flexibility index (Phi) is 4.55. The molecule has 0 aromatic rings. The monoisotopic (exact) mass is 177 g/mol. The van der Waals surface area contributed by atoms with E-state index in [2.05, 4.69) is 23.6 Å². The zero-order valence-corrected chi connectivity index (χ0v) is 8.50. The summed E-state index contributed by atoms with van der Waals surface area (Å²) in [5, 5.41) is 0. The van der Waals surface area contributed by atoms with Gasteiger partial charge < -0.3 is 0 Å². The third kappa shape index (κ3) is 3.60. The van der Waals surface area contributed by atoms with Gasteiger partial charge in [-0.1, -0.05) is 30.9 Å². The van der Waals surface area contributed by atoms with E-state index in [1.807, 2.05) is 19.1 Å². The molecule has 0 N–H and O–H groups in total. The number of allylic oxidation sites excluding steroid dienone is 3. The predicted molar refractivity (Wildman–Crippen MR) is 58.8 cm³/mol. The Balaban J connectivity index is 2.42. The molecule has 1 rings (SSSR count). The molecule has 1 fully saturated rings. The molecule has 0 aromatic heterocycles. The van der Waals surface area contributed by atoms with Crippen molar-refractivity contribution in [1.29, 1.82) is 0 Å². The van der Waals surface area contributed by atoms with Crippen molar-refractivity contribution in [2.75, 3.05) is 19.6 Å². The first-order chi connectivity index (χ1) is 6.36. The van der Waals surface area contributed by atoms with Crippen LogP contribution < -0.4 is 0 Å². The molecule has 1 aliphatic heterocycles. The van der Waals surface area contributed by atoms with E-state index in [9.17, 15) is 0 Å². The molecule has 0 spiro atoms. The van der Waals surface area contributed by atoms with Gasteiger partial charge in [0.25, 0.3) is 0 Å². The average molecular weight is 177 g/mol. The topological polar surface area (TPSA) is 3.24 Å². The summed E-state index contributed by atoms with van der Waals surface area (Å²) in [7, 11) is 0. The molecule has 1 heteroatoms. The maximum atomic E-state index is 3.83. The minimum atomic E-state index is 1.06. The fourth-order valence-electron chi connectivity index (χ4n) is 1.60. The summed E-state index contributed by atoms with van der Waals surface area (Å²) < 4.78 is 0. The number of hydrogen-bond acceptors (Lipinski definition) is 1. The highest BCUT2D eigenvalue weighted by atomic mass is 15.1. The molecule has 0 bridgehead atoms. The van der Waals surface area contributed by atoms with Crippen LogP contribution in [0.3, 0.4) is 0 Å². The lowest BCUT2D eigenvalue weighted by Crippen LogP contribution is -2.21. The second-order valence-electron chi connectivity index (χ2n) is 3.45. The summed E-state index contributed by atoms with van der Waals surface area (Å²) >= 11 is 0. The number of hydrogen-bond donors (Lipinski definition) is 0. The van der Waals surface area contributed by atoms with Crippen molar-refractivity contribution in [2.45, 2.75) is 19.8 Å². The predicted octanol–water partition coefficient (Wildman–Crippen LogP) is 2.77. The van der Waals surface area contributed by atoms with Crippen molar-refractivity contribution in [2.24, 2.45) is 0 Å². The van der Waals surface area contributed by atoms with Crippen molar-refractivity contribution >= 4 is 0 Å². The summed E-state index contributed by atoms with van der Waals surface area (Å²) in [6.45, 7) is 9.43. The van der Waals surface area contributed by atoms with Crippen LogP contribution in [0, 0.1) is 0 Å². The van der Waals surface area contributed by atoms with E-state index in [0.29, 0.717) is 0 Å². The molecule has 0 unspecified atom stereocenters. The van der Waals surface area contributed by atoms with Crippen LogP contribution >= 0.6 is 0 Å². The van der Waals surface area contributed by atoms with E-state index in [-0.39, 0.29) is 0 Å². The summed E-state index contributed by atoms with van der Waals surface area (Å²) in [5.74, 6) is 0. The molecule has 1 heterocycles. The van der Waals surface area contributed by atoms with Crippen LogP contribution in [0.2, 0.25) is 0 Å². The second-order valence-corrected chi connectivity index (χ2v) is 3.45. The van der Waals surface area contributed by atoms with Gasteiger partial charge in [0.05, 0.1) is 0 Å². The molecule has 13 heavy (non-hydrogen) atoms. The van der Waals surface area contributed by atoms with Crippen molar-refractivity contribution in [3.05, 3.63) is 36.5 Å². The Hall–Kier alpha value is -0.820. The molecule has 0 aliphatic carbocycles. The fraction of sp³-hybridized carbons (Fsp3) is 0.500. The maximum Gasteiger partial charge on any atom is 0.0233 e. The van der Waals surface area contributed by atoms with Crippen molar-refractivity contribution in [1.82, 2.24) is 4.90 Å². The molecular formula is C12H19N. The Morgan fingerprint density at radius 2 is 2.08 bits per heavy atom. The zero-order chi connectivity index (χ0) is 9.52. The fourth-order valence-corrected chi connectivity index (χ4v) is 1.60. The van der Waals surface area contributed by atoms with Gasteiger partial charge in [-0.05, 0) is 38.4 Å². The van der Waals surface area contributed by atoms with Crippen molar-refractivity contribution in [3.8, 4) is 0 Å². The first-order valence-electron chi connectivity index (χ1n) is 5.03. The standard InChI is InChI=1S/C12H19N/c1-3-5-8-12(4-2)11-13-9-6-7-10-13/h3-5,8H,2,6-7,9-11H2,1H3/b5-3-,12-8+. The van der Waals surface area contributed by atoms with E-state index < -0.39 is 0 Å². The largest absolute Gasteiger partial charge is 0.299 e. The summed E-state index contributed by atoms with van der Waals surface area (Å²) in [4.78, 5) is 2.48. The normalized spacial score (nSPS) is 19.9. The Bertz CT molecular complexity index is 207. The van der Waals surface area contributed by atoms with Crippen LogP contribution in [-0.4, -0.2) is 24.5 Å². The third-order valence-electron chi connectivity index (χ3n) is 2.37. The highest BCUT2D eigenvalue weighted by molar-refractivity contribution is 5.23. The molecular weight excluding hydrogens is 158 g/mol. The molecule has 0 atom stereocenters. The van der Waals surface area contributed by atoms with Gasteiger partial charge in [0, 0.05) is 6.54 Å². The zero-order valence-electron chi connectivity index (χ0n) is 8.50. The lowest BCUT2D eigenvalue weighted by Gasteiger charge is -2.14. The van der Waals surface area contributed by atoms with Crippen LogP contribution in [0.1, 0.15) is 19.8 Å². The average Bonchev–Trinajstić information content (AvgIpc) is 2.64. The number of likely N-dealkylation sites (tertiary alicyclic amines) is 1. The smallest absolute Gasteiger partial charge is 0.0233 e. The molecule has 0 aromatic carbocycles. The van der Waals surface area contributed by atoms with Crippen LogP contribution in [-0.2, 0) is 0 Å². The SMILES string of the molecule is C=C/C(=C\C=C/C)CN1CCCC1. The van der Waals surface area contributed by atoms with Crippen molar-refractivity contribution in [3.63, 3.8) is 0 Å². The third-order valence-corrected chi connectivity index (χ3v) is 2.37. The maximum absolute atomic E-state index is 3.83. The minimum Gasteiger partial charge on any atom is -0.299 e. The minimum absolute atomic E-state index is 1.06. The summed E-state index contributed by atoms with van der Waals surface area (Å²) in [5.41, 5.74) is 1.32. The quantitative estimate of drug-likeness (QED) is 0.597. The highest BCUT2D eigenvalue weighted by Gasteiger charge is 2.10. The lowest BCUT2D eigenvalue weighted by atomic mass is 10.2. The Morgan fingerprint density at radius 1 is 1.38 bits per heavy atom. The van der Waals surface area contributed by atoms with Crippen LogP contribution in [0.5, 0.6) is 0 Å². The van der Waals surface area contributed by atoms with E-state index >= 15 is 0 Å². The highest BCUT2D eigenvalue weighted by Crippen LogP contribution is 2.10. The Labute approximate surface area is 81.4 Å². The van der Waals surface area contributed by atoms with Gasteiger partial charge in [0.15, 0.2) is 0 Å². The summed E-state index contributed by atoms with van der Waals surface area (Å²) in [6.07, 6.45) is 10.9. The van der Waals surface area contributed by atoms with Gasteiger partial charge in [0.2, 0.25) is 0 Å². The first-order valence-corrected chi connectivity index (χ1v) is 5.03. The van der Waals surface area contributed by atoms with Crippen molar-refractivity contribution < 1.29 is 0 Å². The molecule has 1 saturated heterocycles. The van der Waals surface area contributed by atoms with Crippen LogP contribution in [0.4, 0.5) is 0 Å². The van der Waals surface area contributed by atoms with Crippen LogP contribution in [0.25, 0.3) is 0 Å². The number of rotatable bonds is 4. The molecule has 0 saturated carbocycles. The van der Waals surface area contributed by atoms with Crippen LogP contribution in [0.15, 0.2) is 36.5 Å². The van der Waals surface area contributed by atoms with E-state index in [1.165, 1.54) is 31.5 Å². The Morgan fingerprint density at radius 3 is 2.62 bits per heavy atom. The molecule has 1 nitrogen and oxygen atoms in total. The lowest BCUT2D eigenvalue weighted by molar-refractivity contribution is 0.371. The van der Waals surface area contributed by atoms with E-state index in [1.54, 1.807) is 0 Å². The van der Waals surface area contributed by atoms with Gasteiger partial charge >= 0.3 is 0 Å². The van der Waals surface area contributed by atoms with Gasteiger partial charge in [-0.15, -0.1) is 0 Å².